The lowest BCUT2D eigenvalue weighted by molar-refractivity contribution is 0.0657. The molecule has 35 heavy (non-hydrogen) atoms. The molecule has 2 aromatic carbocycles. The third-order valence-corrected chi connectivity index (χ3v) is 6.66. The molecular weight excluding hydrogens is 501 g/mol. The molecule has 0 bridgehead atoms. The second-order valence-corrected chi connectivity index (χ2v) is 8.67. The number of carbonyl (C=O) groups is 3. The molecule has 0 saturated heterocycles. The summed E-state index contributed by atoms with van der Waals surface area (Å²) < 4.78 is 26.6. The van der Waals surface area contributed by atoms with Crippen molar-refractivity contribution in [2.24, 2.45) is 0 Å². The van der Waals surface area contributed by atoms with Crippen LogP contribution in [0.25, 0.3) is 10.2 Å². The average molecular weight is 518 g/mol. The van der Waals surface area contributed by atoms with Crippen LogP contribution < -0.4 is 20.1 Å². The van der Waals surface area contributed by atoms with Crippen LogP contribution in [0.1, 0.15) is 25.6 Å². The highest BCUT2D eigenvalue weighted by molar-refractivity contribution is 7.17. The van der Waals surface area contributed by atoms with Crippen LogP contribution in [0.5, 0.6) is 11.5 Å². The second-order valence-electron chi connectivity index (χ2n) is 6.93. The van der Waals surface area contributed by atoms with E-state index in [1.165, 1.54) is 29.9 Å². The standard InChI is InChI=1S/C22H16FN3O7S2/c1-32-15-5-11(23)13(6-16(15)33-7-10-3-2-4-12-18(10)35-9-24-12)25-22(31)26-14-8-34-19(21(29)30)17(14)20(27)28/h2-6,8-9H,7H2,1H3,(H,27,28)(H,29,30)(H2,25,26,31). The van der Waals surface area contributed by atoms with Gasteiger partial charge in [0.1, 0.15) is 17.0 Å². The van der Waals surface area contributed by atoms with Gasteiger partial charge in [-0.2, -0.15) is 0 Å². The summed E-state index contributed by atoms with van der Waals surface area (Å²) >= 11 is 2.10. The number of carbonyl (C=O) groups excluding carboxylic acids is 1. The Morgan fingerprint density at radius 3 is 2.54 bits per heavy atom. The number of fused-ring (bicyclic) bond motifs is 1. The highest BCUT2D eigenvalue weighted by atomic mass is 32.1. The number of hydrogen-bond acceptors (Lipinski definition) is 8. The van der Waals surface area contributed by atoms with Crippen molar-refractivity contribution in [1.29, 1.82) is 0 Å². The number of nitrogens with zero attached hydrogens (tertiary/aromatic N) is 1. The summed E-state index contributed by atoms with van der Waals surface area (Å²) in [4.78, 5) is 38.9. The Bertz CT molecular complexity index is 1450. The van der Waals surface area contributed by atoms with Gasteiger partial charge < -0.3 is 30.3 Å². The molecule has 4 rings (SSSR count). The third kappa shape index (κ3) is 5.00. The van der Waals surface area contributed by atoms with Crippen molar-refractivity contribution in [1.82, 2.24) is 4.98 Å². The van der Waals surface area contributed by atoms with Gasteiger partial charge in [-0.3, -0.25) is 0 Å². The number of thiazole rings is 1. The number of nitrogens with one attached hydrogen (secondary N) is 2. The van der Waals surface area contributed by atoms with Gasteiger partial charge in [0.05, 0.1) is 34.2 Å². The number of rotatable bonds is 8. The number of anilines is 2. The fourth-order valence-electron chi connectivity index (χ4n) is 3.21. The third-order valence-electron chi connectivity index (χ3n) is 4.77. The Kier molecular flexibility index (Phi) is 6.80. The smallest absolute Gasteiger partial charge is 0.346 e. The Labute approximate surface area is 204 Å². The number of thiophene rings is 1. The number of urea groups is 1. The molecule has 4 N–H and O–H groups in total. The van der Waals surface area contributed by atoms with Crippen LogP contribution in [0.15, 0.2) is 41.2 Å². The molecule has 0 unspecified atom stereocenters. The zero-order valence-electron chi connectivity index (χ0n) is 17.8. The molecule has 2 amide bonds. The highest BCUT2D eigenvalue weighted by Crippen LogP contribution is 2.34. The van der Waals surface area contributed by atoms with Crippen LogP contribution in [0.4, 0.5) is 20.6 Å². The molecular formula is C22H16FN3O7S2. The Hall–Kier alpha value is -4.23. The summed E-state index contributed by atoms with van der Waals surface area (Å²) in [6.07, 6.45) is 0. The molecule has 0 radical (unpaired) electrons. The van der Waals surface area contributed by atoms with E-state index in [9.17, 15) is 23.9 Å². The van der Waals surface area contributed by atoms with E-state index in [2.05, 4.69) is 15.6 Å². The van der Waals surface area contributed by atoms with Gasteiger partial charge in [0.25, 0.3) is 0 Å². The molecule has 13 heteroatoms. The zero-order chi connectivity index (χ0) is 25.1. The van der Waals surface area contributed by atoms with Crippen LogP contribution in [0.2, 0.25) is 0 Å². The van der Waals surface area contributed by atoms with Gasteiger partial charge in [-0.1, -0.05) is 12.1 Å². The minimum atomic E-state index is -1.53. The first-order chi connectivity index (χ1) is 16.8. The maximum atomic E-state index is 14.6. The normalized spacial score (nSPS) is 10.7. The van der Waals surface area contributed by atoms with Gasteiger partial charge >= 0.3 is 18.0 Å². The number of ether oxygens (including phenoxy) is 2. The molecule has 0 saturated carbocycles. The van der Waals surface area contributed by atoms with Gasteiger partial charge in [-0.25, -0.2) is 23.8 Å². The number of carboxylic acids is 2. The summed E-state index contributed by atoms with van der Waals surface area (Å²) in [7, 11) is 1.34. The number of benzene rings is 2. The molecule has 2 heterocycles. The van der Waals surface area contributed by atoms with Crippen molar-refractivity contribution in [3.8, 4) is 11.5 Å². The lowest BCUT2D eigenvalue weighted by atomic mass is 10.2. The number of aromatic nitrogens is 1. The molecule has 0 aliphatic carbocycles. The maximum Gasteiger partial charge on any atom is 0.346 e. The van der Waals surface area contributed by atoms with E-state index in [1.54, 1.807) is 5.51 Å². The average Bonchev–Trinajstić information content (AvgIpc) is 3.46. The largest absolute Gasteiger partial charge is 0.493 e. The van der Waals surface area contributed by atoms with Crippen LogP contribution in [0.3, 0.4) is 0 Å². The lowest BCUT2D eigenvalue weighted by Crippen LogP contribution is -2.21. The van der Waals surface area contributed by atoms with Crippen molar-refractivity contribution in [3.05, 3.63) is 63.0 Å². The van der Waals surface area contributed by atoms with Gasteiger partial charge in [0.2, 0.25) is 0 Å². The monoisotopic (exact) mass is 517 g/mol. The summed E-state index contributed by atoms with van der Waals surface area (Å²) in [5, 5.41) is 24.1. The number of aromatic carboxylic acids is 2. The number of hydrogen-bond donors (Lipinski definition) is 4. The van der Waals surface area contributed by atoms with E-state index >= 15 is 0 Å². The molecule has 2 aromatic heterocycles. The van der Waals surface area contributed by atoms with Gasteiger partial charge in [-0.05, 0) is 6.07 Å². The molecule has 0 aliphatic rings. The molecule has 180 valence electrons. The minimum absolute atomic E-state index is 0.0991. The molecule has 0 spiro atoms. The SMILES string of the molecule is COc1cc(F)c(NC(=O)Nc2csc(C(=O)O)c2C(=O)O)cc1OCc1cccc2ncsc12. The number of carboxylic acid groups (broad SMARTS) is 2. The fourth-order valence-corrected chi connectivity index (χ4v) is 4.83. The zero-order valence-corrected chi connectivity index (χ0v) is 19.5. The van der Waals surface area contributed by atoms with E-state index in [0.29, 0.717) is 11.3 Å². The quantitative estimate of drug-likeness (QED) is 0.252. The molecule has 0 aliphatic heterocycles. The topological polar surface area (TPSA) is 147 Å². The molecule has 0 fully saturated rings. The highest BCUT2D eigenvalue weighted by Gasteiger charge is 2.24. The Morgan fingerprint density at radius 1 is 1.06 bits per heavy atom. The first-order valence-corrected chi connectivity index (χ1v) is 11.5. The minimum Gasteiger partial charge on any atom is -0.493 e. The molecule has 4 aromatic rings. The summed E-state index contributed by atoms with van der Waals surface area (Å²) in [5.74, 6) is -3.55. The first-order valence-electron chi connectivity index (χ1n) is 9.76. The second kappa shape index (κ2) is 9.95. The molecule has 10 nitrogen and oxygen atoms in total. The summed E-state index contributed by atoms with van der Waals surface area (Å²) in [6, 6.07) is 6.87. The fraction of sp³-hybridized carbons (Fsp3) is 0.0909. The van der Waals surface area contributed by atoms with E-state index < -0.39 is 34.2 Å². The number of amides is 2. The van der Waals surface area contributed by atoms with E-state index in [0.717, 1.165) is 21.8 Å². The van der Waals surface area contributed by atoms with Crippen molar-refractivity contribution in [2.75, 3.05) is 17.7 Å². The first kappa shape index (κ1) is 23.9. The Morgan fingerprint density at radius 2 is 1.83 bits per heavy atom. The lowest BCUT2D eigenvalue weighted by Gasteiger charge is -2.14. The predicted molar refractivity (Wildman–Crippen MR) is 128 cm³/mol. The molecule has 0 atom stereocenters. The Balaban J connectivity index is 1.54. The van der Waals surface area contributed by atoms with Gasteiger partial charge in [0.15, 0.2) is 17.3 Å². The van der Waals surface area contributed by atoms with Crippen molar-refractivity contribution in [3.63, 3.8) is 0 Å². The maximum absolute atomic E-state index is 14.6. The van der Waals surface area contributed by atoms with Crippen molar-refractivity contribution >= 4 is 62.2 Å². The van der Waals surface area contributed by atoms with Crippen molar-refractivity contribution < 1.29 is 38.5 Å². The number of methoxy groups -OCH3 is 1. The van der Waals surface area contributed by atoms with Crippen LogP contribution in [-0.4, -0.2) is 40.3 Å². The summed E-state index contributed by atoms with van der Waals surface area (Å²) in [5.41, 5.74) is 2.32. The van der Waals surface area contributed by atoms with Crippen LogP contribution in [-0.2, 0) is 6.61 Å². The van der Waals surface area contributed by atoms with E-state index in [4.69, 9.17) is 14.6 Å². The van der Waals surface area contributed by atoms with Crippen LogP contribution in [0, 0.1) is 5.82 Å². The van der Waals surface area contributed by atoms with Crippen LogP contribution >= 0.6 is 22.7 Å². The van der Waals surface area contributed by atoms with E-state index in [-0.39, 0.29) is 29.5 Å². The summed E-state index contributed by atoms with van der Waals surface area (Å²) in [6.45, 7) is 0.127. The predicted octanol–water partition coefficient (Wildman–Crippen LogP) is 5.12. The van der Waals surface area contributed by atoms with E-state index in [1.807, 2.05) is 18.2 Å². The van der Waals surface area contributed by atoms with Crippen molar-refractivity contribution in [2.45, 2.75) is 6.61 Å². The van der Waals surface area contributed by atoms with Gasteiger partial charge in [0, 0.05) is 23.1 Å². The number of halogens is 1. The van der Waals surface area contributed by atoms with Gasteiger partial charge in [-0.15, -0.1) is 22.7 Å².